The van der Waals surface area contributed by atoms with Gasteiger partial charge in [0.1, 0.15) is 5.82 Å². The number of likely N-dealkylation sites (N-methyl/N-ethyl adjacent to an activating group) is 1. The van der Waals surface area contributed by atoms with Crippen molar-refractivity contribution in [2.75, 3.05) is 13.6 Å². The van der Waals surface area contributed by atoms with E-state index in [1.807, 2.05) is 43.1 Å². The van der Waals surface area contributed by atoms with Gasteiger partial charge in [0, 0.05) is 28.7 Å². The maximum Gasteiger partial charge on any atom is 0.179 e. The third kappa shape index (κ3) is 3.32. The van der Waals surface area contributed by atoms with Gasteiger partial charge in [0.15, 0.2) is 5.78 Å². The lowest BCUT2D eigenvalue weighted by Gasteiger charge is -2.16. The molecule has 0 radical (unpaired) electrons. The number of carbonyl (C=O) groups excluding carboxylic acids is 1. The number of hydrogen-bond acceptors (Lipinski definition) is 2. The predicted molar refractivity (Wildman–Crippen MR) is 90.1 cm³/mol. The number of carbonyl (C=O) groups is 1. The number of halogens is 1. The van der Waals surface area contributed by atoms with E-state index in [0.717, 1.165) is 27.7 Å². The lowest BCUT2D eigenvalue weighted by Crippen LogP contribution is -2.25. The molecule has 2 aromatic carbocycles. The number of aryl methyl sites for hydroxylation is 1. The maximum absolute atomic E-state index is 12.9. The lowest BCUT2D eigenvalue weighted by atomic mass is 10.1. The van der Waals surface area contributed by atoms with Crippen molar-refractivity contribution in [3.05, 3.63) is 71.2 Å². The summed E-state index contributed by atoms with van der Waals surface area (Å²) < 4.78 is 12.9. The van der Waals surface area contributed by atoms with Crippen LogP contribution in [0.1, 0.15) is 21.6 Å². The number of fused-ring (bicyclic) bond motifs is 1. The highest BCUT2D eigenvalue weighted by Crippen LogP contribution is 2.22. The van der Waals surface area contributed by atoms with Gasteiger partial charge in [-0.15, -0.1) is 0 Å². The number of benzene rings is 2. The summed E-state index contributed by atoms with van der Waals surface area (Å²) in [5.41, 5.74) is 3.62. The first-order chi connectivity index (χ1) is 11.0. The minimum absolute atomic E-state index is 0.0876. The number of hydrogen-bond donors (Lipinski definition) is 1. The minimum Gasteiger partial charge on any atom is -0.358 e. The summed E-state index contributed by atoms with van der Waals surface area (Å²) in [7, 11) is 1.89. The average Bonchev–Trinajstić information content (AvgIpc) is 2.85. The Morgan fingerprint density at radius 3 is 2.57 bits per heavy atom. The van der Waals surface area contributed by atoms with E-state index in [9.17, 15) is 9.18 Å². The molecule has 0 unspecified atom stereocenters. The number of Topliss-reactive ketones (excluding diaryl/α,β-unsaturated/α-hetero) is 1. The molecule has 0 saturated heterocycles. The van der Waals surface area contributed by atoms with E-state index in [1.165, 1.54) is 12.1 Å². The Morgan fingerprint density at radius 1 is 1.13 bits per heavy atom. The van der Waals surface area contributed by atoms with Crippen LogP contribution in [0.4, 0.5) is 4.39 Å². The van der Waals surface area contributed by atoms with Crippen molar-refractivity contribution in [1.29, 1.82) is 0 Å². The highest BCUT2D eigenvalue weighted by molar-refractivity contribution is 6.10. The molecule has 0 fully saturated rings. The molecule has 0 spiro atoms. The van der Waals surface area contributed by atoms with Crippen LogP contribution >= 0.6 is 0 Å². The molecule has 0 aliphatic heterocycles. The molecule has 0 saturated carbocycles. The Labute approximate surface area is 134 Å². The zero-order valence-corrected chi connectivity index (χ0v) is 13.3. The van der Waals surface area contributed by atoms with Crippen molar-refractivity contribution in [3.63, 3.8) is 0 Å². The van der Waals surface area contributed by atoms with Crippen LogP contribution in [0.5, 0.6) is 0 Å². The molecular formula is C19H19FN2O. The zero-order chi connectivity index (χ0) is 16.4. The van der Waals surface area contributed by atoms with Gasteiger partial charge in [0.2, 0.25) is 0 Å². The number of ketones is 1. The quantitative estimate of drug-likeness (QED) is 0.725. The number of aromatic amines is 1. The molecule has 0 aliphatic carbocycles. The summed E-state index contributed by atoms with van der Waals surface area (Å²) in [5, 5.41) is 0.963. The second-order valence-electron chi connectivity index (χ2n) is 5.89. The van der Waals surface area contributed by atoms with E-state index in [-0.39, 0.29) is 11.6 Å². The van der Waals surface area contributed by atoms with Gasteiger partial charge in [-0.2, -0.15) is 0 Å². The van der Waals surface area contributed by atoms with Crippen LogP contribution in [-0.2, 0) is 6.54 Å². The molecule has 4 heteroatoms. The average molecular weight is 310 g/mol. The molecule has 3 nitrogen and oxygen atoms in total. The fourth-order valence-electron chi connectivity index (χ4n) is 2.92. The van der Waals surface area contributed by atoms with Crippen LogP contribution in [0, 0.1) is 12.7 Å². The molecular weight excluding hydrogens is 291 g/mol. The smallest absolute Gasteiger partial charge is 0.179 e. The summed E-state index contributed by atoms with van der Waals surface area (Å²) in [4.78, 5) is 17.9. The van der Waals surface area contributed by atoms with Crippen molar-refractivity contribution >= 4 is 16.7 Å². The van der Waals surface area contributed by atoms with Gasteiger partial charge in [-0.05, 0) is 37.7 Å². The largest absolute Gasteiger partial charge is 0.358 e. The van der Waals surface area contributed by atoms with E-state index in [4.69, 9.17) is 0 Å². The van der Waals surface area contributed by atoms with Gasteiger partial charge >= 0.3 is 0 Å². The number of rotatable bonds is 5. The molecule has 3 aromatic rings. The summed E-state index contributed by atoms with van der Waals surface area (Å²) in [6, 6.07) is 14.2. The van der Waals surface area contributed by atoms with E-state index in [0.29, 0.717) is 13.1 Å². The molecule has 118 valence electrons. The third-order valence-corrected chi connectivity index (χ3v) is 3.95. The topological polar surface area (TPSA) is 36.1 Å². The summed E-state index contributed by atoms with van der Waals surface area (Å²) in [5.74, 6) is -0.161. The van der Waals surface area contributed by atoms with Crippen molar-refractivity contribution in [3.8, 4) is 0 Å². The van der Waals surface area contributed by atoms with E-state index < -0.39 is 0 Å². The number of nitrogens with one attached hydrogen (secondary N) is 1. The normalized spacial score (nSPS) is 11.3. The van der Waals surface area contributed by atoms with Crippen molar-refractivity contribution in [2.24, 2.45) is 0 Å². The Balaban J connectivity index is 1.75. The molecule has 1 N–H and O–H groups in total. The summed E-state index contributed by atoms with van der Waals surface area (Å²) >= 11 is 0. The molecule has 23 heavy (non-hydrogen) atoms. The van der Waals surface area contributed by atoms with Gasteiger partial charge in [-0.1, -0.05) is 30.3 Å². The van der Waals surface area contributed by atoms with Gasteiger partial charge in [0.05, 0.1) is 6.54 Å². The van der Waals surface area contributed by atoms with Gasteiger partial charge < -0.3 is 4.98 Å². The maximum atomic E-state index is 12.9. The second kappa shape index (κ2) is 6.34. The van der Waals surface area contributed by atoms with Crippen molar-refractivity contribution in [1.82, 2.24) is 9.88 Å². The zero-order valence-electron chi connectivity index (χ0n) is 13.3. The lowest BCUT2D eigenvalue weighted by molar-refractivity contribution is 0.0944. The standard InChI is InChI=1S/C19H19FN2O/c1-13-19(16-5-3-4-6-17(16)21-13)18(23)12-22(2)11-14-7-9-15(20)10-8-14/h3-10,21H,11-12H2,1-2H3. The van der Waals surface area contributed by atoms with Crippen molar-refractivity contribution < 1.29 is 9.18 Å². The first-order valence-electron chi connectivity index (χ1n) is 7.58. The fraction of sp³-hybridized carbons (Fsp3) is 0.211. The van der Waals surface area contributed by atoms with Gasteiger partial charge in [-0.25, -0.2) is 4.39 Å². The molecule has 0 aliphatic rings. The second-order valence-corrected chi connectivity index (χ2v) is 5.89. The molecule has 0 amide bonds. The molecule has 0 bridgehead atoms. The van der Waals surface area contributed by atoms with Crippen LogP contribution in [0.25, 0.3) is 10.9 Å². The van der Waals surface area contributed by atoms with Crippen LogP contribution in [0.15, 0.2) is 48.5 Å². The highest BCUT2D eigenvalue weighted by Gasteiger charge is 2.17. The summed E-state index contributed by atoms with van der Waals surface area (Å²) in [6.45, 7) is 2.85. The number of H-pyrrole nitrogens is 1. The Kier molecular flexibility index (Phi) is 4.26. The first kappa shape index (κ1) is 15.4. The monoisotopic (exact) mass is 310 g/mol. The first-order valence-corrected chi connectivity index (χ1v) is 7.58. The minimum atomic E-state index is -0.248. The molecule has 1 aromatic heterocycles. The van der Waals surface area contributed by atoms with Gasteiger partial charge in [0.25, 0.3) is 0 Å². The molecule has 1 heterocycles. The Morgan fingerprint density at radius 2 is 1.83 bits per heavy atom. The SMILES string of the molecule is Cc1[nH]c2ccccc2c1C(=O)CN(C)Cc1ccc(F)cc1. The van der Waals surface area contributed by atoms with E-state index >= 15 is 0 Å². The van der Waals surface area contributed by atoms with Crippen LogP contribution in [0.2, 0.25) is 0 Å². The Bertz CT molecular complexity index is 836. The highest BCUT2D eigenvalue weighted by atomic mass is 19.1. The molecule has 3 rings (SSSR count). The van der Waals surface area contributed by atoms with Crippen LogP contribution in [0.3, 0.4) is 0 Å². The third-order valence-electron chi connectivity index (χ3n) is 3.95. The molecule has 0 atom stereocenters. The fourth-order valence-corrected chi connectivity index (χ4v) is 2.92. The van der Waals surface area contributed by atoms with E-state index in [1.54, 1.807) is 12.1 Å². The summed E-state index contributed by atoms with van der Waals surface area (Å²) in [6.07, 6.45) is 0. The Hall–Kier alpha value is -2.46. The number of para-hydroxylation sites is 1. The van der Waals surface area contributed by atoms with Crippen LogP contribution < -0.4 is 0 Å². The van der Waals surface area contributed by atoms with E-state index in [2.05, 4.69) is 4.98 Å². The van der Waals surface area contributed by atoms with Crippen molar-refractivity contribution in [2.45, 2.75) is 13.5 Å². The number of nitrogens with zero attached hydrogens (tertiary/aromatic N) is 1. The van der Waals surface area contributed by atoms with Crippen LogP contribution in [-0.4, -0.2) is 29.3 Å². The number of aromatic nitrogens is 1. The van der Waals surface area contributed by atoms with Gasteiger partial charge in [-0.3, -0.25) is 9.69 Å². The predicted octanol–water partition coefficient (Wildman–Crippen LogP) is 3.93.